The highest BCUT2D eigenvalue weighted by Gasteiger charge is 2.47. The van der Waals surface area contributed by atoms with Crippen LogP contribution in [-0.4, -0.2) is 32.0 Å². The van der Waals surface area contributed by atoms with Gasteiger partial charge in [0.05, 0.1) is 17.5 Å². The zero-order valence-electron chi connectivity index (χ0n) is 13.5. The van der Waals surface area contributed by atoms with Crippen LogP contribution in [0.15, 0.2) is 58.5 Å². The van der Waals surface area contributed by atoms with Crippen molar-refractivity contribution < 1.29 is 19.1 Å². The number of hydrogen-bond donors (Lipinski definition) is 1. The van der Waals surface area contributed by atoms with Crippen LogP contribution in [0.25, 0.3) is 0 Å². The molecule has 3 aromatic heterocycles. The molecule has 1 aliphatic rings. The van der Waals surface area contributed by atoms with Crippen molar-refractivity contribution >= 4 is 28.2 Å². The highest BCUT2D eigenvalue weighted by molar-refractivity contribution is 7.15. The second kappa shape index (κ2) is 6.19. The number of aliphatic hydroxyl groups excluding tert-OH is 1. The molecule has 0 bridgehead atoms. The third kappa shape index (κ3) is 2.49. The Hall–Kier alpha value is -3.33. The Morgan fingerprint density at radius 3 is 2.73 bits per heavy atom. The van der Waals surface area contributed by atoms with Crippen molar-refractivity contribution in [3.05, 3.63) is 70.6 Å². The van der Waals surface area contributed by atoms with Gasteiger partial charge in [-0.1, -0.05) is 17.4 Å². The van der Waals surface area contributed by atoms with Gasteiger partial charge in [-0.15, -0.1) is 10.2 Å². The molecule has 1 unspecified atom stereocenters. The number of ketones is 1. The van der Waals surface area contributed by atoms with Crippen molar-refractivity contribution in [2.45, 2.75) is 13.0 Å². The smallest absolute Gasteiger partial charge is 0.296 e. The Kier molecular flexibility index (Phi) is 3.85. The summed E-state index contributed by atoms with van der Waals surface area (Å²) >= 11 is 1.18. The van der Waals surface area contributed by atoms with E-state index in [9.17, 15) is 14.7 Å². The van der Waals surface area contributed by atoms with Gasteiger partial charge in [0, 0.05) is 6.20 Å². The molecule has 1 atom stereocenters. The molecule has 3 aromatic rings. The number of carbonyl (C=O) groups excluding carboxylic acids is 2. The molecule has 1 N–H and O–H groups in total. The molecule has 0 saturated heterocycles. The van der Waals surface area contributed by atoms with Crippen molar-refractivity contribution in [2.75, 3.05) is 4.90 Å². The third-order valence-corrected chi connectivity index (χ3v) is 4.73. The molecule has 26 heavy (non-hydrogen) atoms. The van der Waals surface area contributed by atoms with E-state index in [1.54, 1.807) is 37.4 Å². The first-order valence-electron chi connectivity index (χ1n) is 7.64. The van der Waals surface area contributed by atoms with E-state index in [-0.39, 0.29) is 16.5 Å². The molecule has 0 saturated carbocycles. The van der Waals surface area contributed by atoms with E-state index in [1.165, 1.54) is 28.6 Å². The topological polar surface area (TPSA) is 109 Å². The lowest BCUT2D eigenvalue weighted by Crippen LogP contribution is -2.31. The van der Waals surface area contributed by atoms with Gasteiger partial charge in [-0.05, 0) is 31.2 Å². The fourth-order valence-corrected chi connectivity index (χ4v) is 3.49. The summed E-state index contributed by atoms with van der Waals surface area (Å²) in [5.74, 6) is -1.93. The lowest BCUT2D eigenvalue weighted by atomic mass is 9.99. The number of furan rings is 1. The number of nitrogens with zero attached hydrogens (tertiary/aromatic N) is 4. The SMILES string of the molecule is Cc1nnc(N2C(=O)C(O)=C(C(=O)c3ccco3)C2c2ccccn2)s1. The maximum absolute atomic E-state index is 12.9. The molecule has 0 radical (unpaired) electrons. The zero-order chi connectivity index (χ0) is 18.3. The number of rotatable bonds is 4. The van der Waals surface area contributed by atoms with Crippen LogP contribution in [-0.2, 0) is 4.79 Å². The summed E-state index contributed by atoms with van der Waals surface area (Å²) in [5.41, 5.74) is 0.323. The number of Topliss-reactive ketones (excluding diaryl/α,β-unsaturated/α-hetero) is 1. The molecule has 0 aromatic carbocycles. The average molecular weight is 368 g/mol. The summed E-state index contributed by atoms with van der Waals surface area (Å²) in [7, 11) is 0. The Bertz CT molecular complexity index is 1010. The van der Waals surface area contributed by atoms with Crippen LogP contribution in [0.3, 0.4) is 0 Å². The van der Waals surface area contributed by atoms with Crippen molar-refractivity contribution in [1.29, 1.82) is 0 Å². The number of carbonyl (C=O) groups is 2. The van der Waals surface area contributed by atoms with Crippen molar-refractivity contribution in [3.63, 3.8) is 0 Å². The van der Waals surface area contributed by atoms with Gasteiger partial charge in [0.15, 0.2) is 11.5 Å². The predicted octanol–water partition coefficient (Wildman–Crippen LogP) is 2.62. The second-order valence-corrected chi connectivity index (χ2v) is 6.66. The summed E-state index contributed by atoms with van der Waals surface area (Å²) in [5, 5.41) is 19.3. The van der Waals surface area contributed by atoms with E-state index in [1.807, 2.05) is 0 Å². The largest absolute Gasteiger partial charge is 0.503 e. The lowest BCUT2D eigenvalue weighted by Gasteiger charge is -2.22. The van der Waals surface area contributed by atoms with Crippen LogP contribution in [0.2, 0.25) is 0 Å². The highest BCUT2D eigenvalue weighted by atomic mass is 32.1. The normalized spacial score (nSPS) is 17.2. The first kappa shape index (κ1) is 16.2. The van der Waals surface area contributed by atoms with Gasteiger partial charge in [0.1, 0.15) is 11.0 Å². The van der Waals surface area contributed by atoms with E-state index in [2.05, 4.69) is 15.2 Å². The molecule has 9 heteroatoms. The van der Waals surface area contributed by atoms with Crippen molar-refractivity contribution in [2.24, 2.45) is 0 Å². The minimum absolute atomic E-state index is 0.0237. The highest BCUT2D eigenvalue weighted by Crippen LogP contribution is 2.41. The van der Waals surface area contributed by atoms with E-state index in [4.69, 9.17) is 4.42 Å². The van der Waals surface area contributed by atoms with Gasteiger partial charge in [-0.2, -0.15) is 0 Å². The lowest BCUT2D eigenvalue weighted by molar-refractivity contribution is -0.117. The first-order valence-corrected chi connectivity index (χ1v) is 8.45. The number of aryl methyl sites for hydroxylation is 1. The minimum atomic E-state index is -0.923. The fourth-order valence-electron chi connectivity index (χ4n) is 2.78. The van der Waals surface area contributed by atoms with Gasteiger partial charge in [-0.3, -0.25) is 19.5 Å². The summed E-state index contributed by atoms with van der Waals surface area (Å²) in [6.45, 7) is 1.75. The summed E-state index contributed by atoms with van der Waals surface area (Å²) in [6, 6.07) is 7.24. The average Bonchev–Trinajstić information content (AvgIpc) is 3.37. The summed E-state index contributed by atoms with van der Waals surface area (Å²) in [4.78, 5) is 31.1. The molecule has 1 amide bonds. The number of pyridine rings is 1. The molecule has 0 spiro atoms. The second-order valence-electron chi connectivity index (χ2n) is 5.50. The molecule has 1 aliphatic heterocycles. The third-order valence-electron chi connectivity index (χ3n) is 3.89. The van der Waals surface area contributed by atoms with Crippen LogP contribution in [0.5, 0.6) is 0 Å². The van der Waals surface area contributed by atoms with Gasteiger partial charge in [0.2, 0.25) is 10.9 Å². The number of amides is 1. The number of aromatic nitrogens is 3. The quantitative estimate of drug-likeness (QED) is 0.705. The zero-order valence-corrected chi connectivity index (χ0v) is 14.3. The van der Waals surface area contributed by atoms with Crippen LogP contribution in [0.1, 0.15) is 27.3 Å². The Balaban J connectivity index is 1.88. The Morgan fingerprint density at radius 1 is 1.27 bits per heavy atom. The van der Waals surface area contributed by atoms with Gasteiger partial charge < -0.3 is 9.52 Å². The minimum Gasteiger partial charge on any atom is -0.503 e. The molecular weight excluding hydrogens is 356 g/mol. The summed E-state index contributed by atoms with van der Waals surface area (Å²) < 4.78 is 5.15. The van der Waals surface area contributed by atoms with E-state index < -0.39 is 23.5 Å². The van der Waals surface area contributed by atoms with Gasteiger partial charge in [-0.25, -0.2) is 0 Å². The fraction of sp³-hybridized carbons (Fsp3) is 0.118. The number of anilines is 1. The molecule has 8 nitrogen and oxygen atoms in total. The molecule has 130 valence electrons. The molecule has 0 fully saturated rings. The van der Waals surface area contributed by atoms with E-state index >= 15 is 0 Å². The van der Waals surface area contributed by atoms with E-state index in [0.29, 0.717) is 10.7 Å². The maximum Gasteiger partial charge on any atom is 0.296 e. The molecule has 4 rings (SSSR count). The molecule has 0 aliphatic carbocycles. The number of hydrogen-bond acceptors (Lipinski definition) is 8. The Morgan fingerprint density at radius 2 is 2.12 bits per heavy atom. The molecular formula is C17H12N4O4S. The first-order chi connectivity index (χ1) is 12.6. The van der Waals surface area contributed by atoms with Crippen LogP contribution < -0.4 is 4.90 Å². The van der Waals surface area contributed by atoms with E-state index in [0.717, 1.165) is 0 Å². The summed E-state index contributed by atoms with van der Waals surface area (Å²) in [6.07, 6.45) is 2.90. The predicted molar refractivity (Wildman–Crippen MR) is 91.8 cm³/mol. The number of aliphatic hydroxyl groups is 1. The van der Waals surface area contributed by atoms with Crippen LogP contribution in [0, 0.1) is 6.92 Å². The monoisotopic (exact) mass is 368 g/mol. The van der Waals surface area contributed by atoms with Crippen molar-refractivity contribution in [3.8, 4) is 0 Å². The standard InChI is InChI=1S/C17H12N4O4S/c1-9-19-20-17(26-9)21-13(10-5-2-3-7-18-10)12(15(23)16(21)24)14(22)11-6-4-8-25-11/h2-8,13,23H,1H3. The molecule has 4 heterocycles. The maximum atomic E-state index is 12.9. The van der Waals surface area contributed by atoms with Crippen LogP contribution >= 0.6 is 11.3 Å². The van der Waals surface area contributed by atoms with Crippen LogP contribution in [0.4, 0.5) is 5.13 Å². The van der Waals surface area contributed by atoms with Gasteiger partial charge >= 0.3 is 0 Å². The Labute approximate surface area is 151 Å². The van der Waals surface area contributed by atoms with Crippen molar-refractivity contribution in [1.82, 2.24) is 15.2 Å². The van der Waals surface area contributed by atoms with Gasteiger partial charge in [0.25, 0.3) is 5.91 Å².